The first-order valence-corrected chi connectivity index (χ1v) is 7.69. The van der Waals surface area contributed by atoms with Crippen LogP contribution in [-0.2, 0) is 4.74 Å². The Balaban J connectivity index is 1.91. The van der Waals surface area contributed by atoms with Crippen molar-refractivity contribution in [2.24, 2.45) is 0 Å². The molecule has 2 aromatic rings. The lowest BCUT2D eigenvalue weighted by Crippen LogP contribution is -2.37. The zero-order valence-corrected chi connectivity index (χ0v) is 12.8. The predicted molar refractivity (Wildman–Crippen MR) is 88.8 cm³/mol. The van der Waals surface area contributed by atoms with Crippen LogP contribution in [0.2, 0.25) is 0 Å². The van der Waals surface area contributed by atoms with Crippen LogP contribution in [0.3, 0.4) is 0 Å². The fourth-order valence-corrected chi connectivity index (χ4v) is 3.03. The first-order chi connectivity index (χ1) is 10.8. The Bertz CT molecular complexity index is 668. The fraction of sp³-hybridized carbons (Fsp3) is 0.316. The van der Waals surface area contributed by atoms with Gasteiger partial charge in [0.1, 0.15) is 6.07 Å². The van der Waals surface area contributed by atoms with Gasteiger partial charge in [-0.15, -0.1) is 0 Å². The monoisotopic (exact) mass is 292 g/mol. The first-order valence-electron chi connectivity index (χ1n) is 7.69. The summed E-state index contributed by atoms with van der Waals surface area (Å²) in [4.78, 5) is 2.31. The quantitative estimate of drug-likeness (QED) is 0.862. The Hall–Kier alpha value is -2.31. The zero-order valence-electron chi connectivity index (χ0n) is 12.8. The summed E-state index contributed by atoms with van der Waals surface area (Å²) in [5, 5.41) is 9.41. The van der Waals surface area contributed by atoms with Crippen molar-refractivity contribution in [1.29, 1.82) is 5.26 Å². The van der Waals surface area contributed by atoms with E-state index in [0.29, 0.717) is 6.10 Å². The summed E-state index contributed by atoms with van der Waals surface area (Å²) >= 11 is 0. The third-order valence-electron chi connectivity index (χ3n) is 4.34. The summed E-state index contributed by atoms with van der Waals surface area (Å²) in [6, 6.07) is 18.7. The fourth-order valence-electron chi connectivity index (χ4n) is 3.03. The minimum atomic E-state index is 0.346. The Morgan fingerprint density at radius 3 is 2.41 bits per heavy atom. The summed E-state index contributed by atoms with van der Waals surface area (Å²) in [5.41, 5.74) is 4.12. The minimum Gasteiger partial charge on any atom is -0.381 e. The number of anilines is 1. The van der Waals surface area contributed by atoms with Gasteiger partial charge in [-0.2, -0.15) is 5.26 Å². The number of nitrogens with zero attached hydrogens (tertiary/aromatic N) is 2. The lowest BCUT2D eigenvalue weighted by molar-refractivity contribution is 0.0819. The molecule has 3 heteroatoms. The smallest absolute Gasteiger partial charge is 0.101 e. The molecule has 0 spiro atoms. The maximum absolute atomic E-state index is 9.41. The van der Waals surface area contributed by atoms with Gasteiger partial charge in [0.05, 0.1) is 17.4 Å². The lowest BCUT2D eigenvalue weighted by atomic mass is 10.00. The molecule has 3 rings (SSSR count). The first kappa shape index (κ1) is 14.6. The molecule has 0 N–H and O–H groups in total. The largest absolute Gasteiger partial charge is 0.381 e. The minimum absolute atomic E-state index is 0.346. The second-order valence-corrected chi connectivity index (χ2v) is 5.63. The van der Waals surface area contributed by atoms with Gasteiger partial charge in [-0.25, -0.2) is 0 Å². The summed E-state index contributed by atoms with van der Waals surface area (Å²) in [6.07, 6.45) is 2.37. The van der Waals surface area contributed by atoms with Crippen molar-refractivity contribution in [3.63, 3.8) is 0 Å². The number of methoxy groups -OCH3 is 1. The van der Waals surface area contributed by atoms with Crippen molar-refractivity contribution in [2.75, 3.05) is 25.1 Å². The van der Waals surface area contributed by atoms with E-state index in [4.69, 9.17) is 4.74 Å². The highest BCUT2D eigenvalue weighted by Gasteiger charge is 2.21. The lowest BCUT2D eigenvalue weighted by Gasteiger charge is -2.33. The highest BCUT2D eigenvalue weighted by atomic mass is 16.5. The predicted octanol–water partition coefficient (Wildman–Crippen LogP) is 3.84. The summed E-state index contributed by atoms with van der Waals surface area (Å²) < 4.78 is 5.43. The van der Waals surface area contributed by atoms with Gasteiger partial charge >= 0.3 is 0 Å². The van der Waals surface area contributed by atoms with Gasteiger partial charge in [-0.3, -0.25) is 0 Å². The van der Waals surface area contributed by atoms with Gasteiger partial charge < -0.3 is 9.64 Å². The number of hydrogen-bond acceptors (Lipinski definition) is 3. The molecule has 112 valence electrons. The maximum atomic E-state index is 9.41. The number of nitriles is 1. The molecule has 1 aliphatic heterocycles. The average molecular weight is 292 g/mol. The van der Waals surface area contributed by atoms with Crippen molar-refractivity contribution < 1.29 is 4.74 Å². The SMILES string of the molecule is COC1CCN(c2cc(-c3ccccc3)ccc2C#N)CC1. The molecule has 0 bridgehead atoms. The number of hydrogen-bond donors (Lipinski definition) is 0. The van der Waals surface area contributed by atoms with E-state index in [1.54, 1.807) is 7.11 Å². The van der Waals surface area contributed by atoms with Crippen molar-refractivity contribution in [1.82, 2.24) is 0 Å². The third-order valence-corrected chi connectivity index (χ3v) is 4.34. The Kier molecular flexibility index (Phi) is 4.41. The van der Waals surface area contributed by atoms with E-state index in [2.05, 4.69) is 29.2 Å². The van der Waals surface area contributed by atoms with Gasteiger partial charge in [0.15, 0.2) is 0 Å². The van der Waals surface area contributed by atoms with Crippen LogP contribution in [0.25, 0.3) is 11.1 Å². The molecular weight excluding hydrogens is 272 g/mol. The van der Waals surface area contributed by atoms with E-state index in [-0.39, 0.29) is 0 Å². The van der Waals surface area contributed by atoms with Crippen LogP contribution in [-0.4, -0.2) is 26.3 Å². The van der Waals surface area contributed by atoms with Crippen molar-refractivity contribution in [3.05, 3.63) is 54.1 Å². The molecule has 0 unspecified atom stereocenters. The molecule has 1 heterocycles. The van der Waals surface area contributed by atoms with Crippen LogP contribution < -0.4 is 4.90 Å². The molecule has 0 amide bonds. The van der Waals surface area contributed by atoms with E-state index in [1.165, 1.54) is 5.56 Å². The molecule has 0 atom stereocenters. The van der Waals surface area contributed by atoms with Crippen LogP contribution in [0.1, 0.15) is 18.4 Å². The Morgan fingerprint density at radius 2 is 1.77 bits per heavy atom. The van der Waals surface area contributed by atoms with Crippen molar-refractivity contribution in [3.8, 4) is 17.2 Å². The van der Waals surface area contributed by atoms with E-state index in [0.717, 1.165) is 42.7 Å². The van der Waals surface area contributed by atoms with Crippen LogP contribution >= 0.6 is 0 Å². The number of benzene rings is 2. The molecule has 0 aromatic heterocycles. The third kappa shape index (κ3) is 2.98. The molecule has 3 nitrogen and oxygen atoms in total. The second kappa shape index (κ2) is 6.64. The number of ether oxygens (including phenoxy) is 1. The normalized spacial score (nSPS) is 15.5. The van der Waals surface area contributed by atoms with Gasteiger partial charge in [-0.05, 0) is 36.1 Å². The van der Waals surface area contributed by atoms with Crippen molar-refractivity contribution >= 4 is 5.69 Å². The van der Waals surface area contributed by atoms with Gasteiger partial charge in [0.2, 0.25) is 0 Å². The molecule has 0 saturated carbocycles. The molecule has 1 saturated heterocycles. The molecule has 0 radical (unpaired) electrons. The maximum Gasteiger partial charge on any atom is 0.101 e. The molecule has 1 fully saturated rings. The molecular formula is C19H20N2O. The van der Waals surface area contributed by atoms with Crippen molar-refractivity contribution in [2.45, 2.75) is 18.9 Å². The highest BCUT2D eigenvalue weighted by molar-refractivity contribution is 5.72. The van der Waals surface area contributed by atoms with Gasteiger partial charge in [-0.1, -0.05) is 36.4 Å². The van der Waals surface area contributed by atoms with E-state index < -0.39 is 0 Å². The molecule has 0 aliphatic carbocycles. The van der Waals surface area contributed by atoms with Crippen LogP contribution in [0.15, 0.2) is 48.5 Å². The van der Waals surface area contributed by atoms with E-state index >= 15 is 0 Å². The summed E-state index contributed by atoms with van der Waals surface area (Å²) in [6.45, 7) is 1.87. The second-order valence-electron chi connectivity index (χ2n) is 5.63. The summed E-state index contributed by atoms with van der Waals surface area (Å²) in [7, 11) is 1.77. The van der Waals surface area contributed by atoms with E-state index in [9.17, 15) is 5.26 Å². The molecule has 22 heavy (non-hydrogen) atoms. The number of piperidine rings is 1. The topological polar surface area (TPSA) is 36.3 Å². The Morgan fingerprint density at radius 1 is 1.05 bits per heavy atom. The zero-order chi connectivity index (χ0) is 15.4. The van der Waals surface area contributed by atoms with Crippen LogP contribution in [0.4, 0.5) is 5.69 Å². The van der Waals surface area contributed by atoms with Crippen LogP contribution in [0, 0.1) is 11.3 Å². The number of rotatable bonds is 3. The molecule has 2 aromatic carbocycles. The summed E-state index contributed by atoms with van der Waals surface area (Å²) in [5.74, 6) is 0. The average Bonchev–Trinajstić information content (AvgIpc) is 2.62. The van der Waals surface area contributed by atoms with Gasteiger partial charge in [0.25, 0.3) is 0 Å². The van der Waals surface area contributed by atoms with Crippen LogP contribution in [0.5, 0.6) is 0 Å². The standard InChI is InChI=1S/C19H20N2O/c1-22-18-9-11-21(12-10-18)19-13-16(7-8-17(19)14-20)15-5-3-2-4-6-15/h2-8,13,18H,9-12H2,1H3. The molecule has 1 aliphatic rings. The Labute approximate surface area is 131 Å². The van der Waals surface area contributed by atoms with E-state index in [1.807, 2.05) is 30.3 Å². The van der Waals surface area contributed by atoms with Gasteiger partial charge in [0, 0.05) is 20.2 Å². The highest BCUT2D eigenvalue weighted by Crippen LogP contribution is 2.30.